The van der Waals surface area contributed by atoms with Gasteiger partial charge in [-0.25, -0.2) is 9.78 Å². The van der Waals surface area contributed by atoms with E-state index in [0.29, 0.717) is 16.0 Å². The molecule has 26 heavy (non-hydrogen) atoms. The van der Waals surface area contributed by atoms with Crippen LogP contribution in [-0.2, 0) is 26.4 Å². The third-order valence-electron chi connectivity index (χ3n) is 4.37. The van der Waals surface area contributed by atoms with Gasteiger partial charge in [-0.2, -0.15) is 0 Å². The number of amides is 1. The average Bonchev–Trinajstić information content (AvgIpc) is 3.09. The number of rotatable bonds is 5. The molecule has 1 aromatic carbocycles. The summed E-state index contributed by atoms with van der Waals surface area (Å²) in [6.45, 7) is 2.22. The van der Waals surface area contributed by atoms with Crippen LogP contribution in [0.3, 0.4) is 0 Å². The zero-order valence-electron chi connectivity index (χ0n) is 14.2. The zero-order valence-corrected chi connectivity index (χ0v) is 16.6. The molecule has 1 fully saturated rings. The standard InChI is InChI=1S/C18H19BrN2O4S/c1-12-7-14(8-22)18(11-25-12,16-20-15(19)10-26-16)21-17(23)24-9-13-5-3-2-4-6-13/h2-6,8,10,12,14H,7,9,11H2,1H3,(H,21,23)/t12-,14?,18-/m0/s1. The number of ether oxygens (including phenoxy) is 2. The van der Waals surface area contributed by atoms with Gasteiger partial charge in [-0.3, -0.25) is 0 Å². The van der Waals surface area contributed by atoms with Crippen molar-refractivity contribution in [3.63, 3.8) is 0 Å². The number of aromatic nitrogens is 1. The molecule has 0 radical (unpaired) electrons. The SMILES string of the molecule is C[C@H]1CC(C=O)[C@](NC(=O)OCc2ccccc2)(c2nc(Br)cs2)CO1. The van der Waals surface area contributed by atoms with Crippen LogP contribution in [0.15, 0.2) is 40.3 Å². The number of carbonyl (C=O) groups excluding carboxylic acids is 2. The second-order valence-electron chi connectivity index (χ2n) is 6.23. The van der Waals surface area contributed by atoms with E-state index in [0.717, 1.165) is 11.8 Å². The van der Waals surface area contributed by atoms with E-state index >= 15 is 0 Å². The number of nitrogens with zero attached hydrogens (tertiary/aromatic N) is 1. The highest BCUT2D eigenvalue weighted by atomic mass is 79.9. The number of carbonyl (C=O) groups is 2. The van der Waals surface area contributed by atoms with E-state index in [2.05, 4.69) is 26.2 Å². The van der Waals surface area contributed by atoms with Gasteiger partial charge < -0.3 is 19.6 Å². The Hall–Kier alpha value is -1.77. The van der Waals surface area contributed by atoms with Gasteiger partial charge in [0.15, 0.2) is 0 Å². The third-order valence-corrected chi connectivity index (χ3v) is 6.10. The number of hydrogen-bond donors (Lipinski definition) is 1. The lowest BCUT2D eigenvalue weighted by Crippen LogP contribution is -2.58. The van der Waals surface area contributed by atoms with Crippen molar-refractivity contribution in [2.24, 2.45) is 5.92 Å². The molecular weight excluding hydrogens is 420 g/mol. The highest BCUT2D eigenvalue weighted by Crippen LogP contribution is 2.39. The molecule has 1 amide bonds. The number of halogens is 1. The highest BCUT2D eigenvalue weighted by molar-refractivity contribution is 9.10. The molecule has 138 valence electrons. The molecule has 2 heterocycles. The summed E-state index contributed by atoms with van der Waals surface area (Å²) in [4.78, 5) is 28.7. The van der Waals surface area contributed by atoms with Crippen molar-refractivity contribution < 1.29 is 19.1 Å². The largest absolute Gasteiger partial charge is 0.445 e. The summed E-state index contributed by atoms with van der Waals surface area (Å²) in [6.07, 6.45) is 0.694. The molecule has 6 nitrogen and oxygen atoms in total. The Morgan fingerprint density at radius 1 is 1.50 bits per heavy atom. The lowest BCUT2D eigenvalue weighted by atomic mass is 9.80. The van der Waals surface area contributed by atoms with Crippen molar-refractivity contribution in [2.75, 3.05) is 6.61 Å². The minimum Gasteiger partial charge on any atom is -0.445 e. The number of alkyl carbamates (subject to hydrolysis) is 1. The fourth-order valence-corrected chi connectivity index (χ4v) is 4.44. The fraction of sp³-hybridized carbons (Fsp3) is 0.389. The first-order valence-corrected chi connectivity index (χ1v) is 9.88. The van der Waals surface area contributed by atoms with Gasteiger partial charge in [0, 0.05) is 11.3 Å². The van der Waals surface area contributed by atoms with Crippen molar-refractivity contribution in [1.82, 2.24) is 10.3 Å². The molecule has 1 unspecified atom stereocenters. The number of hydrogen-bond acceptors (Lipinski definition) is 6. The molecule has 0 saturated carbocycles. The summed E-state index contributed by atoms with van der Waals surface area (Å²) < 4.78 is 11.8. The van der Waals surface area contributed by atoms with Crippen LogP contribution in [0.2, 0.25) is 0 Å². The lowest BCUT2D eigenvalue weighted by Gasteiger charge is -2.42. The molecule has 1 aromatic heterocycles. The van der Waals surface area contributed by atoms with Crippen LogP contribution in [0.25, 0.3) is 0 Å². The van der Waals surface area contributed by atoms with Crippen molar-refractivity contribution in [3.05, 3.63) is 50.9 Å². The fourth-order valence-electron chi connectivity index (χ4n) is 2.98. The van der Waals surface area contributed by atoms with E-state index in [4.69, 9.17) is 9.47 Å². The van der Waals surface area contributed by atoms with Crippen molar-refractivity contribution in [1.29, 1.82) is 0 Å². The van der Waals surface area contributed by atoms with Gasteiger partial charge in [0.25, 0.3) is 0 Å². The first-order valence-electron chi connectivity index (χ1n) is 8.21. The Morgan fingerprint density at radius 3 is 2.92 bits per heavy atom. The van der Waals surface area contributed by atoms with Gasteiger partial charge in [-0.15, -0.1) is 11.3 Å². The van der Waals surface area contributed by atoms with Gasteiger partial charge in [0.05, 0.1) is 12.7 Å². The minimum absolute atomic E-state index is 0.0659. The summed E-state index contributed by atoms with van der Waals surface area (Å²) in [5.74, 6) is -0.450. The van der Waals surface area contributed by atoms with Gasteiger partial charge in [0.1, 0.15) is 28.0 Å². The molecule has 2 aromatic rings. The Morgan fingerprint density at radius 2 is 2.27 bits per heavy atom. The molecule has 0 spiro atoms. The van der Waals surface area contributed by atoms with E-state index in [9.17, 15) is 9.59 Å². The quantitative estimate of drug-likeness (QED) is 0.720. The second kappa shape index (κ2) is 8.28. The maximum absolute atomic E-state index is 12.5. The van der Waals surface area contributed by atoms with Crippen LogP contribution in [-0.4, -0.2) is 30.1 Å². The summed E-state index contributed by atoms with van der Waals surface area (Å²) in [6, 6.07) is 9.41. The zero-order chi connectivity index (χ0) is 18.6. The predicted octanol–water partition coefficient (Wildman–Crippen LogP) is 3.65. The van der Waals surface area contributed by atoms with Gasteiger partial charge >= 0.3 is 6.09 Å². The monoisotopic (exact) mass is 438 g/mol. The van der Waals surface area contributed by atoms with Crippen LogP contribution in [0.4, 0.5) is 4.79 Å². The first-order chi connectivity index (χ1) is 12.5. The van der Waals surface area contributed by atoms with E-state index in [1.807, 2.05) is 42.6 Å². The summed E-state index contributed by atoms with van der Waals surface area (Å²) in [7, 11) is 0. The highest BCUT2D eigenvalue weighted by Gasteiger charge is 2.48. The van der Waals surface area contributed by atoms with Crippen LogP contribution < -0.4 is 5.32 Å². The van der Waals surface area contributed by atoms with Gasteiger partial charge in [-0.05, 0) is 34.8 Å². The topological polar surface area (TPSA) is 77.5 Å². The molecular formula is C18H19BrN2O4S. The molecule has 1 aliphatic heterocycles. The lowest BCUT2D eigenvalue weighted by molar-refractivity contribution is -0.124. The molecule has 3 atom stereocenters. The Balaban J connectivity index is 1.79. The van der Waals surface area contributed by atoms with Crippen LogP contribution in [0.5, 0.6) is 0 Å². The predicted molar refractivity (Wildman–Crippen MR) is 101 cm³/mol. The maximum atomic E-state index is 12.5. The Bertz CT molecular complexity index is 770. The molecule has 0 aliphatic carbocycles. The average molecular weight is 439 g/mol. The van der Waals surface area contributed by atoms with E-state index in [1.54, 1.807) is 0 Å². The van der Waals surface area contributed by atoms with Crippen LogP contribution in [0.1, 0.15) is 23.9 Å². The summed E-state index contributed by atoms with van der Waals surface area (Å²) in [5, 5.41) is 5.29. The smallest absolute Gasteiger partial charge is 0.408 e. The second-order valence-corrected chi connectivity index (χ2v) is 7.90. The van der Waals surface area contributed by atoms with Crippen LogP contribution >= 0.6 is 27.3 Å². The van der Waals surface area contributed by atoms with E-state index < -0.39 is 17.6 Å². The summed E-state index contributed by atoms with van der Waals surface area (Å²) >= 11 is 4.69. The number of aldehydes is 1. The van der Waals surface area contributed by atoms with E-state index in [-0.39, 0.29) is 19.3 Å². The minimum atomic E-state index is -1.03. The molecule has 3 rings (SSSR count). The van der Waals surface area contributed by atoms with Crippen molar-refractivity contribution in [3.8, 4) is 0 Å². The van der Waals surface area contributed by atoms with E-state index in [1.165, 1.54) is 11.3 Å². The van der Waals surface area contributed by atoms with Gasteiger partial charge in [-0.1, -0.05) is 30.3 Å². The number of thiazole rings is 1. The summed E-state index contributed by atoms with van der Waals surface area (Å²) in [5.41, 5.74) is -0.146. The molecule has 8 heteroatoms. The molecule has 1 N–H and O–H groups in total. The normalized spacial score (nSPS) is 25.5. The van der Waals surface area contributed by atoms with Crippen molar-refractivity contribution >= 4 is 39.6 Å². The Kier molecular flexibility index (Phi) is 6.05. The number of benzene rings is 1. The van der Waals surface area contributed by atoms with Crippen molar-refractivity contribution in [2.45, 2.75) is 31.6 Å². The molecule has 1 aliphatic rings. The number of nitrogens with one attached hydrogen (secondary N) is 1. The molecule has 0 bridgehead atoms. The first kappa shape index (κ1) is 19.0. The Labute approximate surface area is 164 Å². The van der Waals surface area contributed by atoms with Crippen LogP contribution in [0, 0.1) is 5.92 Å². The van der Waals surface area contributed by atoms with Gasteiger partial charge in [0.2, 0.25) is 0 Å². The maximum Gasteiger partial charge on any atom is 0.408 e. The molecule has 1 saturated heterocycles. The third kappa shape index (κ3) is 4.13.